The van der Waals surface area contributed by atoms with Crippen molar-refractivity contribution in [2.24, 2.45) is 0 Å². The Bertz CT molecular complexity index is 113. The molecule has 0 saturated heterocycles. The van der Waals surface area contributed by atoms with Crippen molar-refractivity contribution < 1.29 is 20.9 Å². The zero-order valence-corrected chi connectivity index (χ0v) is 14.4. The zero-order valence-electron chi connectivity index (χ0n) is 11.9. The lowest BCUT2D eigenvalue weighted by atomic mass is 10.9. The summed E-state index contributed by atoms with van der Waals surface area (Å²) >= 11 is -0.589. The van der Waals surface area contributed by atoms with Gasteiger partial charge in [0.25, 0.3) is 0 Å². The molecular formula is C10H27AlO5Si. The number of hydrogen-bond acceptors (Lipinski definition) is 5. The lowest BCUT2D eigenvalue weighted by Gasteiger charge is -2.12. The molecule has 0 saturated carbocycles. The molecule has 0 unspecified atom stereocenters. The van der Waals surface area contributed by atoms with E-state index in [1.165, 1.54) is 0 Å². The molecule has 5 nitrogen and oxygen atoms in total. The predicted molar refractivity (Wildman–Crippen MR) is 72.4 cm³/mol. The van der Waals surface area contributed by atoms with E-state index in [0.717, 1.165) is 13.2 Å². The van der Waals surface area contributed by atoms with Crippen molar-refractivity contribution in [2.75, 3.05) is 33.0 Å². The van der Waals surface area contributed by atoms with Crippen molar-refractivity contribution in [1.82, 2.24) is 0 Å². The van der Waals surface area contributed by atoms with E-state index in [2.05, 4.69) is 0 Å². The molecule has 0 aliphatic rings. The Balaban J connectivity index is 0. The quantitative estimate of drug-likeness (QED) is 0.444. The topological polar surface area (TPSA) is 46.2 Å². The first-order valence-corrected chi connectivity index (χ1v) is 8.83. The van der Waals surface area contributed by atoms with E-state index in [0.29, 0.717) is 19.8 Å². The number of rotatable bonds is 10. The van der Waals surface area contributed by atoms with Crippen LogP contribution in [-0.2, 0) is 20.9 Å². The van der Waals surface area contributed by atoms with Crippen LogP contribution in [0.2, 0.25) is 0 Å². The molecule has 0 aromatic heterocycles. The molecule has 0 bridgehead atoms. The van der Waals surface area contributed by atoms with E-state index in [4.69, 9.17) is 20.9 Å². The van der Waals surface area contributed by atoms with Crippen LogP contribution >= 0.6 is 0 Å². The van der Waals surface area contributed by atoms with Crippen LogP contribution in [0.1, 0.15) is 34.6 Å². The molecular weight excluding hydrogens is 255 g/mol. The summed E-state index contributed by atoms with van der Waals surface area (Å²) in [5.74, 6) is 0. The molecule has 0 aromatic rings. The average Bonchev–Trinajstić information content (AvgIpc) is 2.32. The molecule has 0 aliphatic heterocycles. The van der Waals surface area contributed by atoms with Crippen LogP contribution in [0.15, 0.2) is 0 Å². The molecule has 0 aliphatic carbocycles. The van der Waals surface area contributed by atoms with Gasteiger partial charge in [-0.3, -0.25) is 0 Å². The van der Waals surface area contributed by atoms with Gasteiger partial charge in [-0.2, -0.15) is 0 Å². The van der Waals surface area contributed by atoms with Crippen LogP contribution < -0.4 is 0 Å². The van der Waals surface area contributed by atoms with Gasteiger partial charge in [-0.05, 0) is 34.6 Å². The third-order valence-corrected chi connectivity index (χ3v) is 4.45. The van der Waals surface area contributed by atoms with Gasteiger partial charge < -0.3 is 20.9 Å². The largest absolute Gasteiger partial charge is 0.649 e. The molecule has 0 aromatic carbocycles. The predicted octanol–water partition coefficient (Wildman–Crippen LogP) is 1.14. The Morgan fingerprint density at radius 1 is 0.647 bits per heavy atom. The Labute approximate surface area is 114 Å². The SMILES string of the molecule is CCO[SiH](OCC)OCC.CC[O][AlH][O]CC. The summed E-state index contributed by atoms with van der Waals surface area (Å²) in [6, 6.07) is 0. The fourth-order valence-electron chi connectivity index (χ4n) is 0.778. The van der Waals surface area contributed by atoms with Crippen LogP contribution in [0, 0.1) is 0 Å². The van der Waals surface area contributed by atoms with Crippen molar-refractivity contribution in [3.8, 4) is 0 Å². The highest BCUT2D eigenvalue weighted by Gasteiger charge is 2.11. The van der Waals surface area contributed by atoms with Crippen molar-refractivity contribution in [1.29, 1.82) is 0 Å². The van der Waals surface area contributed by atoms with Gasteiger partial charge in [-0.1, -0.05) is 0 Å². The summed E-state index contributed by atoms with van der Waals surface area (Å²) < 4.78 is 25.6. The highest BCUT2D eigenvalue weighted by Crippen LogP contribution is 1.91. The second-order valence-electron chi connectivity index (χ2n) is 2.76. The summed E-state index contributed by atoms with van der Waals surface area (Å²) in [5.41, 5.74) is 0. The third kappa shape index (κ3) is 19.1. The molecule has 17 heavy (non-hydrogen) atoms. The summed E-state index contributed by atoms with van der Waals surface area (Å²) in [6.45, 7) is 13.4. The molecule has 0 fully saturated rings. The molecule has 0 radical (unpaired) electrons. The van der Waals surface area contributed by atoms with E-state index in [-0.39, 0.29) is 0 Å². The minimum atomic E-state index is -1.73. The first-order chi connectivity index (χ1) is 8.26. The average molecular weight is 282 g/mol. The van der Waals surface area contributed by atoms with E-state index < -0.39 is 25.4 Å². The maximum atomic E-state index is 5.22. The maximum Gasteiger partial charge on any atom is 0.649 e. The maximum absolute atomic E-state index is 5.22. The summed E-state index contributed by atoms with van der Waals surface area (Å²) in [7, 11) is -1.73. The fraction of sp³-hybridized carbons (Fsp3) is 1.00. The minimum absolute atomic E-state index is 0.589. The third-order valence-electron chi connectivity index (χ3n) is 1.48. The van der Waals surface area contributed by atoms with E-state index in [9.17, 15) is 0 Å². The van der Waals surface area contributed by atoms with Crippen LogP contribution in [0.25, 0.3) is 0 Å². The van der Waals surface area contributed by atoms with Crippen LogP contribution in [0.4, 0.5) is 0 Å². The monoisotopic (exact) mass is 282 g/mol. The van der Waals surface area contributed by atoms with Crippen molar-refractivity contribution in [2.45, 2.75) is 34.6 Å². The Hall–Kier alpha value is 0.549. The lowest BCUT2D eigenvalue weighted by molar-refractivity contribution is 0.107. The second-order valence-corrected chi connectivity index (χ2v) is 5.39. The van der Waals surface area contributed by atoms with Gasteiger partial charge >= 0.3 is 25.4 Å². The van der Waals surface area contributed by atoms with Crippen molar-refractivity contribution >= 4 is 25.4 Å². The van der Waals surface area contributed by atoms with Gasteiger partial charge in [0, 0.05) is 33.0 Å². The van der Waals surface area contributed by atoms with Crippen molar-refractivity contribution in [3.63, 3.8) is 0 Å². The van der Waals surface area contributed by atoms with Crippen LogP contribution in [0.5, 0.6) is 0 Å². The first kappa shape index (κ1) is 19.9. The molecule has 0 spiro atoms. The summed E-state index contributed by atoms with van der Waals surface area (Å²) in [5, 5.41) is 0. The highest BCUT2D eigenvalue weighted by atomic mass is 28.3. The van der Waals surface area contributed by atoms with Gasteiger partial charge in [0.15, 0.2) is 0 Å². The fourth-order valence-corrected chi connectivity index (χ4v) is 2.33. The van der Waals surface area contributed by atoms with E-state index in [1.807, 2.05) is 34.6 Å². The van der Waals surface area contributed by atoms with Crippen molar-refractivity contribution in [3.05, 3.63) is 0 Å². The Kier molecular flexibility index (Phi) is 22.1. The van der Waals surface area contributed by atoms with Gasteiger partial charge in [0.2, 0.25) is 0 Å². The molecule has 0 atom stereocenters. The molecule has 0 heterocycles. The molecule has 0 amide bonds. The second kappa shape index (κ2) is 18.9. The molecule has 0 rings (SSSR count). The Morgan fingerprint density at radius 3 is 1.24 bits per heavy atom. The van der Waals surface area contributed by atoms with Gasteiger partial charge in [-0.25, -0.2) is 0 Å². The Morgan fingerprint density at radius 2 is 1.00 bits per heavy atom. The normalized spacial score (nSPS) is 10.0. The number of hydrogen-bond donors (Lipinski definition) is 0. The van der Waals surface area contributed by atoms with Crippen LogP contribution in [0.3, 0.4) is 0 Å². The lowest BCUT2D eigenvalue weighted by Crippen LogP contribution is -2.27. The minimum Gasteiger partial charge on any atom is -0.481 e. The molecule has 0 N–H and O–H groups in total. The molecule has 104 valence electrons. The first-order valence-electron chi connectivity index (χ1n) is 6.26. The summed E-state index contributed by atoms with van der Waals surface area (Å²) in [6.07, 6.45) is 0. The summed E-state index contributed by atoms with van der Waals surface area (Å²) in [4.78, 5) is 0. The van der Waals surface area contributed by atoms with E-state index in [1.54, 1.807) is 0 Å². The zero-order chi connectivity index (χ0) is 13.4. The van der Waals surface area contributed by atoms with Crippen LogP contribution in [-0.4, -0.2) is 58.4 Å². The van der Waals surface area contributed by atoms with Gasteiger partial charge in [-0.15, -0.1) is 0 Å². The van der Waals surface area contributed by atoms with Gasteiger partial charge in [0.1, 0.15) is 0 Å². The highest BCUT2D eigenvalue weighted by molar-refractivity contribution is 6.36. The smallest absolute Gasteiger partial charge is 0.481 e. The molecule has 7 heteroatoms. The standard InChI is InChI=1S/C6H16O3Si.2C2H5O.Al.H/c1-4-7-10(8-5-2)9-6-3;2*1-2-3;;/h10H,4-6H2,1-3H3;2*2H2,1H3;;/q;2*-1;+2;. The van der Waals surface area contributed by atoms with Gasteiger partial charge in [0.05, 0.1) is 0 Å². The van der Waals surface area contributed by atoms with E-state index >= 15 is 0 Å².